The normalized spacial score (nSPS) is 25.8. The molecule has 1 saturated heterocycles. The van der Waals surface area contributed by atoms with E-state index in [4.69, 9.17) is 4.74 Å². The first-order chi connectivity index (χ1) is 5.77. The van der Waals surface area contributed by atoms with E-state index in [0.29, 0.717) is 13.2 Å². The molecule has 0 aromatic heterocycles. The summed E-state index contributed by atoms with van der Waals surface area (Å²) in [6.07, 6.45) is 3.25. The van der Waals surface area contributed by atoms with E-state index in [-0.39, 0.29) is 11.9 Å². The zero-order chi connectivity index (χ0) is 8.97. The van der Waals surface area contributed by atoms with Crippen molar-refractivity contribution >= 4 is 5.97 Å². The minimum absolute atomic E-state index is 0.170. The molecule has 0 spiro atoms. The van der Waals surface area contributed by atoms with E-state index in [1.807, 2.05) is 0 Å². The lowest BCUT2D eigenvalue weighted by Crippen LogP contribution is -2.02. The van der Waals surface area contributed by atoms with Gasteiger partial charge in [0.2, 0.25) is 0 Å². The Morgan fingerprint density at radius 3 is 3.17 bits per heavy atom. The molecule has 0 aromatic carbocycles. The van der Waals surface area contributed by atoms with Gasteiger partial charge in [-0.15, -0.1) is 6.58 Å². The average molecular weight is 168 g/mol. The highest BCUT2D eigenvalue weighted by Crippen LogP contribution is 2.20. The van der Waals surface area contributed by atoms with E-state index in [0.717, 1.165) is 5.57 Å². The van der Waals surface area contributed by atoms with E-state index in [1.165, 1.54) is 13.2 Å². The fourth-order valence-electron chi connectivity index (χ4n) is 1.10. The van der Waals surface area contributed by atoms with Gasteiger partial charge in [0.1, 0.15) is 0 Å². The van der Waals surface area contributed by atoms with Crippen molar-refractivity contribution in [2.45, 2.75) is 0 Å². The Balaban J connectivity index is 2.66. The van der Waals surface area contributed by atoms with Crippen LogP contribution >= 0.6 is 0 Å². The third-order valence-electron chi connectivity index (χ3n) is 1.83. The quantitative estimate of drug-likeness (QED) is 0.349. The first kappa shape index (κ1) is 9.00. The van der Waals surface area contributed by atoms with E-state index in [9.17, 15) is 4.79 Å². The van der Waals surface area contributed by atoms with Crippen LogP contribution in [-0.4, -0.2) is 26.3 Å². The standard InChI is InChI=1S/C9H12O3/c1-3-7-5-12-6-8(7)4-9(10)11-2/h3-4,7H,1,5-6H2,2H3. The highest BCUT2D eigenvalue weighted by molar-refractivity contribution is 5.82. The minimum Gasteiger partial charge on any atom is -0.466 e. The minimum atomic E-state index is -0.331. The van der Waals surface area contributed by atoms with Gasteiger partial charge in [0.25, 0.3) is 0 Å². The number of hydrogen-bond donors (Lipinski definition) is 0. The first-order valence-corrected chi connectivity index (χ1v) is 3.76. The molecule has 0 bridgehead atoms. The van der Waals surface area contributed by atoms with Crippen LogP contribution in [0, 0.1) is 5.92 Å². The number of rotatable bonds is 2. The molecule has 0 amide bonds. The van der Waals surface area contributed by atoms with Crippen LogP contribution in [-0.2, 0) is 14.3 Å². The van der Waals surface area contributed by atoms with Crippen LogP contribution in [0.25, 0.3) is 0 Å². The summed E-state index contributed by atoms with van der Waals surface area (Å²) in [6.45, 7) is 4.78. The van der Waals surface area contributed by atoms with Crippen molar-refractivity contribution < 1.29 is 14.3 Å². The van der Waals surface area contributed by atoms with Gasteiger partial charge in [-0.05, 0) is 5.57 Å². The molecule has 1 aliphatic rings. The predicted molar refractivity (Wildman–Crippen MR) is 44.6 cm³/mol. The summed E-state index contributed by atoms with van der Waals surface area (Å²) in [5, 5.41) is 0. The molecule has 1 rings (SSSR count). The Hall–Kier alpha value is -1.09. The topological polar surface area (TPSA) is 35.5 Å². The molecular weight excluding hydrogens is 156 g/mol. The summed E-state index contributed by atoms with van der Waals surface area (Å²) >= 11 is 0. The third-order valence-corrected chi connectivity index (χ3v) is 1.83. The van der Waals surface area contributed by atoms with Gasteiger partial charge in [-0.25, -0.2) is 4.79 Å². The number of carbonyl (C=O) groups excluding carboxylic acids is 1. The molecule has 1 fully saturated rings. The zero-order valence-corrected chi connectivity index (χ0v) is 7.08. The summed E-state index contributed by atoms with van der Waals surface area (Å²) in [7, 11) is 1.36. The second-order valence-electron chi connectivity index (χ2n) is 2.60. The molecule has 1 atom stereocenters. The second kappa shape index (κ2) is 4.07. The fourth-order valence-corrected chi connectivity index (χ4v) is 1.10. The van der Waals surface area contributed by atoms with Crippen molar-refractivity contribution in [2.75, 3.05) is 20.3 Å². The van der Waals surface area contributed by atoms with E-state index in [2.05, 4.69) is 11.3 Å². The molecular formula is C9H12O3. The molecule has 0 N–H and O–H groups in total. The average Bonchev–Trinajstić information content (AvgIpc) is 2.51. The molecule has 66 valence electrons. The van der Waals surface area contributed by atoms with Crippen molar-refractivity contribution in [3.05, 3.63) is 24.3 Å². The molecule has 1 heterocycles. The van der Waals surface area contributed by atoms with Crippen molar-refractivity contribution in [1.82, 2.24) is 0 Å². The summed E-state index contributed by atoms with van der Waals surface area (Å²) in [5.74, 6) is -0.161. The fraction of sp³-hybridized carbons (Fsp3) is 0.444. The molecule has 3 heteroatoms. The van der Waals surface area contributed by atoms with Crippen molar-refractivity contribution in [3.63, 3.8) is 0 Å². The number of carbonyl (C=O) groups is 1. The molecule has 1 aliphatic heterocycles. The lowest BCUT2D eigenvalue weighted by Gasteiger charge is -2.01. The maximum absolute atomic E-state index is 10.8. The van der Waals surface area contributed by atoms with Gasteiger partial charge in [0, 0.05) is 12.0 Å². The van der Waals surface area contributed by atoms with Crippen LogP contribution in [0.1, 0.15) is 0 Å². The molecule has 12 heavy (non-hydrogen) atoms. The number of methoxy groups -OCH3 is 1. The molecule has 0 saturated carbocycles. The van der Waals surface area contributed by atoms with Crippen LogP contribution in [0.15, 0.2) is 24.3 Å². The maximum Gasteiger partial charge on any atom is 0.330 e. The van der Waals surface area contributed by atoms with E-state index in [1.54, 1.807) is 6.08 Å². The smallest absolute Gasteiger partial charge is 0.330 e. The summed E-state index contributed by atoms with van der Waals surface area (Å²) in [4.78, 5) is 10.8. The van der Waals surface area contributed by atoms with Crippen LogP contribution in [0.4, 0.5) is 0 Å². The van der Waals surface area contributed by atoms with Gasteiger partial charge >= 0.3 is 5.97 Å². The van der Waals surface area contributed by atoms with Crippen molar-refractivity contribution in [1.29, 1.82) is 0 Å². The number of ether oxygens (including phenoxy) is 2. The van der Waals surface area contributed by atoms with Crippen LogP contribution in [0.3, 0.4) is 0 Å². The zero-order valence-electron chi connectivity index (χ0n) is 7.08. The highest BCUT2D eigenvalue weighted by atomic mass is 16.5. The van der Waals surface area contributed by atoms with Crippen molar-refractivity contribution in [2.24, 2.45) is 5.92 Å². The first-order valence-electron chi connectivity index (χ1n) is 3.76. The van der Waals surface area contributed by atoms with Gasteiger partial charge in [-0.3, -0.25) is 0 Å². The second-order valence-corrected chi connectivity index (χ2v) is 2.60. The van der Waals surface area contributed by atoms with Crippen LogP contribution < -0.4 is 0 Å². The van der Waals surface area contributed by atoms with E-state index >= 15 is 0 Å². The van der Waals surface area contributed by atoms with Gasteiger partial charge in [0.15, 0.2) is 0 Å². The van der Waals surface area contributed by atoms with Crippen LogP contribution in [0.2, 0.25) is 0 Å². The Bertz CT molecular complexity index is 218. The summed E-state index contributed by atoms with van der Waals surface area (Å²) < 4.78 is 9.66. The van der Waals surface area contributed by atoms with Crippen LogP contribution in [0.5, 0.6) is 0 Å². The van der Waals surface area contributed by atoms with Crippen molar-refractivity contribution in [3.8, 4) is 0 Å². The number of hydrogen-bond acceptors (Lipinski definition) is 3. The Kier molecular flexibility index (Phi) is 3.05. The summed E-state index contributed by atoms with van der Waals surface area (Å²) in [6, 6.07) is 0. The molecule has 0 radical (unpaired) electrons. The molecule has 0 aromatic rings. The largest absolute Gasteiger partial charge is 0.466 e. The predicted octanol–water partition coefficient (Wildman–Crippen LogP) is 0.918. The Morgan fingerprint density at radius 1 is 1.83 bits per heavy atom. The molecule has 0 aliphatic carbocycles. The molecule has 1 unspecified atom stereocenters. The SMILES string of the molecule is C=CC1COCC1=CC(=O)OC. The van der Waals surface area contributed by atoms with Gasteiger partial charge in [0.05, 0.1) is 20.3 Å². The summed E-state index contributed by atoms with van der Waals surface area (Å²) in [5.41, 5.74) is 0.942. The van der Waals surface area contributed by atoms with Gasteiger partial charge in [-0.2, -0.15) is 0 Å². The monoisotopic (exact) mass is 168 g/mol. The van der Waals surface area contributed by atoms with E-state index < -0.39 is 0 Å². The maximum atomic E-state index is 10.8. The molecule has 3 nitrogen and oxygen atoms in total. The Morgan fingerprint density at radius 2 is 2.58 bits per heavy atom. The van der Waals surface area contributed by atoms with Gasteiger partial charge < -0.3 is 9.47 Å². The highest BCUT2D eigenvalue weighted by Gasteiger charge is 2.19. The lowest BCUT2D eigenvalue weighted by molar-refractivity contribution is -0.134. The Labute approximate surface area is 71.7 Å². The third kappa shape index (κ3) is 1.95. The van der Waals surface area contributed by atoms with Gasteiger partial charge in [-0.1, -0.05) is 6.08 Å². The number of esters is 1. The lowest BCUT2D eigenvalue weighted by atomic mass is 10.0.